The zero-order chi connectivity index (χ0) is 11.5. The SMILES string of the molecule is NCCCc1ccccc1.O=C(O)CS. The number of hydrogen-bond donors (Lipinski definition) is 3. The molecule has 0 bridgehead atoms. The third-order valence-corrected chi connectivity index (χ3v) is 1.92. The molecule has 0 saturated carbocycles. The van der Waals surface area contributed by atoms with E-state index in [2.05, 4.69) is 36.9 Å². The summed E-state index contributed by atoms with van der Waals surface area (Å²) in [4.78, 5) is 9.29. The largest absolute Gasteiger partial charge is 0.481 e. The van der Waals surface area contributed by atoms with E-state index >= 15 is 0 Å². The van der Waals surface area contributed by atoms with Crippen LogP contribution in [0.5, 0.6) is 0 Å². The molecule has 0 radical (unpaired) electrons. The van der Waals surface area contributed by atoms with Gasteiger partial charge >= 0.3 is 5.97 Å². The summed E-state index contributed by atoms with van der Waals surface area (Å²) in [5, 5.41) is 7.65. The molecule has 0 fully saturated rings. The molecule has 1 rings (SSSR count). The van der Waals surface area contributed by atoms with E-state index in [0.29, 0.717) is 0 Å². The Morgan fingerprint density at radius 1 is 1.33 bits per heavy atom. The van der Waals surface area contributed by atoms with Gasteiger partial charge in [-0.1, -0.05) is 30.3 Å². The fraction of sp³-hybridized carbons (Fsp3) is 0.364. The minimum Gasteiger partial charge on any atom is -0.481 e. The Morgan fingerprint density at radius 2 is 1.87 bits per heavy atom. The Balaban J connectivity index is 0.000000336. The predicted molar refractivity (Wildman–Crippen MR) is 65.3 cm³/mol. The van der Waals surface area contributed by atoms with Crippen molar-refractivity contribution in [1.82, 2.24) is 0 Å². The Hall–Kier alpha value is -1.000. The Bertz CT molecular complexity index is 265. The summed E-state index contributed by atoms with van der Waals surface area (Å²) >= 11 is 3.42. The summed E-state index contributed by atoms with van der Waals surface area (Å²) in [5.41, 5.74) is 6.76. The zero-order valence-electron chi connectivity index (χ0n) is 8.60. The minimum atomic E-state index is -0.881. The zero-order valence-corrected chi connectivity index (χ0v) is 9.49. The van der Waals surface area contributed by atoms with Crippen LogP contribution in [-0.4, -0.2) is 23.4 Å². The minimum absolute atomic E-state index is 0.0833. The van der Waals surface area contributed by atoms with Gasteiger partial charge in [-0.2, -0.15) is 12.6 Å². The lowest BCUT2D eigenvalue weighted by molar-refractivity contribution is -0.133. The number of carboxylic acid groups (broad SMARTS) is 1. The molecule has 0 amide bonds. The molecule has 0 spiro atoms. The van der Waals surface area contributed by atoms with Gasteiger partial charge in [0.25, 0.3) is 0 Å². The van der Waals surface area contributed by atoms with Gasteiger partial charge in [0, 0.05) is 0 Å². The summed E-state index contributed by atoms with van der Waals surface area (Å²) in [6, 6.07) is 10.4. The summed E-state index contributed by atoms with van der Waals surface area (Å²) < 4.78 is 0. The average Bonchev–Trinajstić information content (AvgIpc) is 2.28. The van der Waals surface area contributed by atoms with Crippen molar-refractivity contribution in [3.8, 4) is 0 Å². The number of nitrogens with two attached hydrogens (primary N) is 1. The topological polar surface area (TPSA) is 63.3 Å². The van der Waals surface area contributed by atoms with Crippen molar-refractivity contribution >= 4 is 18.6 Å². The van der Waals surface area contributed by atoms with Crippen LogP contribution in [0.25, 0.3) is 0 Å². The number of benzene rings is 1. The van der Waals surface area contributed by atoms with Gasteiger partial charge in [-0.3, -0.25) is 4.79 Å². The number of hydrogen-bond acceptors (Lipinski definition) is 3. The third-order valence-electron chi connectivity index (χ3n) is 1.65. The highest BCUT2D eigenvalue weighted by atomic mass is 32.1. The molecule has 0 aromatic heterocycles. The quantitative estimate of drug-likeness (QED) is 0.684. The molecule has 15 heavy (non-hydrogen) atoms. The molecule has 0 aliphatic heterocycles. The standard InChI is InChI=1S/C9H13N.C2H4O2S/c10-8-4-7-9-5-2-1-3-6-9;3-2(4)1-5/h1-3,5-6H,4,7-8,10H2;5H,1H2,(H,3,4). The van der Waals surface area contributed by atoms with Crippen LogP contribution in [0.15, 0.2) is 30.3 Å². The third kappa shape index (κ3) is 9.31. The monoisotopic (exact) mass is 227 g/mol. The summed E-state index contributed by atoms with van der Waals surface area (Å²) in [6.07, 6.45) is 2.20. The average molecular weight is 227 g/mol. The van der Waals surface area contributed by atoms with E-state index < -0.39 is 5.97 Å². The molecule has 3 N–H and O–H groups in total. The highest BCUT2D eigenvalue weighted by molar-refractivity contribution is 7.81. The maximum absolute atomic E-state index is 9.29. The number of thiol groups is 1. The Labute approximate surface area is 95.7 Å². The molecule has 84 valence electrons. The molecule has 0 unspecified atom stereocenters. The first-order chi connectivity index (χ1) is 7.20. The van der Waals surface area contributed by atoms with Crippen LogP contribution >= 0.6 is 12.6 Å². The van der Waals surface area contributed by atoms with Crippen molar-refractivity contribution in [3.63, 3.8) is 0 Å². The number of aryl methyl sites for hydroxylation is 1. The van der Waals surface area contributed by atoms with Gasteiger partial charge in [-0.05, 0) is 24.9 Å². The van der Waals surface area contributed by atoms with Gasteiger partial charge in [-0.25, -0.2) is 0 Å². The summed E-state index contributed by atoms with van der Waals surface area (Å²) in [6.45, 7) is 0.787. The van der Waals surface area contributed by atoms with Crippen LogP contribution in [0.2, 0.25) is 0 Å². The van der Waals surface area contributed by atoms with Gasteiger partial charge in [0.2, 0.25) is 0 Å². The number of carboxylic acids is 1. The molecular formula is C11H17NO2S. The number of carbonyl (C=O) groups is 1. The van der Waals surface area contributed by atoms with Crippen molar-refractivity contribution in [3.05, 3.63) is 35.9 Å². The lowest BCUT2D eigenvalue weighted by atomic mass is 10.1. The van der Waals surface area contributed by atoms with Gasteiger partial charge in [-0.15, -0.1) is 0 Å². The molecule has 0 atom stereocenters. The Kier molecular flexibility index (Phi) is 8.91. The van der Waals surface area contributed by atoms with E-state index in [1.807, 2.05) is 6.07 Å². The molecule has 1 aromatic rings. The van der Waals surface area contributed by atoms with Crippen molar-refractivity contribution < 1.29 is 9.90 Å². The van der Waals surface area contributed by atoms with E-state index in [1.165, 1.54) is 5.56 Å². The normalized spacial score (nSPS) is 8.93. The molecule has 4 heteroatoms. The number of aliphatic carboxylic acids is 1. The van der Waals surface area contributed by atoms with Gasteiger partial charge in [0.15, 0.2) is 0 Å². The molecule has 1 aromatic carbocycles. The number of rotatable bonds is 4. The lowest BCUT2D eigenvalue weighted by Crippen LogP contribution is -1.99. The second-order valence-electron chi connectivity index (χ2n) is 2.93. The highest BCUT2D eigenvalue weighted by Crippen LogP contribution is 2.00. The second-order valence-corrected chi connectivity index (χ2v) is 3.25. The van der Waals surface area contributed by atoms with Crippen molar-refractivity contribution in [2.75, 3.05) is 12.3 Å². The predicted octanol–water partition coefficient (Wildman–Crippen LogP) is 1.58. The first kappa shape index (κ1) is 14.0. The maximum Gasteiger partial charge on any atom is 0.313 e. The molecule has 0 heterocycles. The van der Waals surface area contributed by atoms with Crippen molar-refractivity contribution in [2.45, 2.75) is 12.8 Å². The van der Waals surface area contributed by atoms with E-state index in [4.69, 9.17) is 10.8 Å². The summed E-state index contributed by atoms with van der Waals surface area (Å²) in [5.74, 6) is -0.965. The van der Waals surface area contributed by atoms with Crippen LogP contribution < -0.4 is 5.73 Å². The molecule has 0 aliphatic rings. The molecule has 3 nitrogen and oxygen atoms in total. The van der Waals surface area contributed by atoms with Crippen LogP contribution in [0.4, 0.5) is 0 Å². The first-order valence-electron chi connectivity index (χ1n) is 4.77. The highest BCUT2D eigenvalue weighted by Gasteiger charge is 1.87. The first-order valence-corrected chi connectivity index (χ1v) is 5.40. The fourth-order valence-electron chi connectivity index (χ4n) is 0.951. The van der Waals surface area contributed by atoms with Gasteiger partial charge < -0.3 is 10.8 Å². The fourth-order valence-corrected chi connectivity index (χ4v) is 0.951. The van der Waals surface area contributed by atoms with Crippen molar-refractivity contribution in [2.24, 2.45) is 5.73 Å². The van der Waals surface area contributed by atoms with Crippen LogP contribution in [-0.2, 0) is 11.2 Å². The van der Waals surface area contributed by atoms with E-state index in [9.17, 15) is 4.79 Å². The van der Waals surface area contributed by atoms with Crippen LogP contribution in [0.3, 0.4) is 0 Å². The Morgan fingerprint density at radius 3 is 2.27 bits per heavy atom. The van der Waals surface area contributed by atoms with Crippen molar-refractivity contribution in [1.29, 1.82) is 0 Å². The van der Waals surface area contributed by atoms with Crippen LogP contribution in [0, 0.1) is 0 Å². The lowest BCUT2D eigenvalue weighted by Gasteiger charge is -1.96. The summed E-state index contributed by atoms with van der Waals surface area (Å²) in [7, 11) is 0. The maximum atomic E-state index is 9.29. The van der Waals surface area contributed by atoms with Gasteiger partial charge in [0.05, 0.1) is 5.75 Å². The second kappa shape index (κ2) is 9.55. The van der Waals surface area contributed by atoms with Crippen LogP contribution in [0.1, 0.15) is 12.0 Å². The van der Waals surface area contributed by atoms with E-state index in [1.54, 1.807) is 0 Å². The molecule has 0 aliphatic carbocycles. The smallest absolute Gasteiger partial charge is 0.313 e. The van der Waals surface area contributed by atoms with Gasteiger partial charge in [0.1, 0.15) is 0 Å². The molecule has 0 saturated heterocycles. The van der Waals surface area contributed by atoms with E-state index in [-0.39, 0.29) is 5.75 Å². The molecular weight excluding hydrogens is 210 g/mol. The van der Waals surface area contributed by atoms with E-state index in [0.717, 1.165) is 19.4 Å².